The summed E-state index contributed by atoms with van der Waals surface area (Å²) < 4.78 is 20.1. The van der Waals surface area contributed by atoms with Crippen LogP contribution in [-0.4, -0.2) is 70.1 Å². The van der Waals surface area contributed by atoms with Gasteiger partial charge >= 0.3 is 6.09 Å². The Morgan fingerprint density at radius 2 is 1.92 bits per heavy atom. The molecule has 3 N–H and O–H groups in total. The number of fused-ring (bicyclic) bond motifs is 1. The number of aromatic nitrogens is 2. The fourth-order valence-corrected chi connectivity index (χ4v) is 4.65. The fourth-order valence-electron chi connectivity index (χ4n) is 4.65. The zero-order valence-corrected chi connectivity index (χ0v) is 22.0. The van der Waals surface area contributed by atoms with E-state index >= 15 is 0 Å². The molecule has 0 radical (unpaired) electrons. The van der Waals surface area contributed by atoms with Crippen LogP contribution in [0.4, 0.5) is 20.6 Å². The lowest BCUT2D eigenvalue weighted by Crippen LogP contribution is -2.59. The van der Waals surface area contributed by atoms with Crippen LogP contribution in [0.25, 0.3) is 22.3 Å². The van der Waals surface area contributed by atoms with Crippen LogP contribution < -0.4 is 10.6 Å². The number of hydrogen-bond acceptors (Lipinski definition) is 8. The van der Waals surface area contributed by atoms with E-state index in [-0.39, 0.29) is 35.3 Å². The Labute approximate surface area is 215 Å². The van der Waals surface area contributed by atoms with Crippen molar-refractivity contribution in [2.45, 2.75) is 52.3 Å². The van der Waals surface area contributed by atoms with Gasteiger partial charge in [0.2, 0.25) is 0 Å². The van der Waals surface area contributed by atoms with E-state index in [0.717, 1.165) is 11.1 Å². The summed E-state index contributed by atoms with van der Waals surface area (Å²) in [6.45, 7) is 10.9. The molecule has 10 heteroatoms. The summed E-state index contributed by atoms with van der Waals surface area (Å²) in [5.41, 5.74) is 7.12. The molecule has 0 bridgehead atoms. The number of nitrogen functional groups attached to an aromatic ring is 1. The van der Waals surface area contributed by atoms with Gasteiger partial charge in [0.1, 0.15) is 5.60 Å². The van der Waals surface area contributed by atoms with Gasteiger partial charge in [0.25, 0.3) is 0 Å². The van der Waals surface area contributed by atoms with Crippen LogP contribution in [0.5, 0.6) is 5.75 Å². The number of carbonyl (C=O) groups is 1. The van der Waals surface area contributed by atoms with Crippen LogP contribution in [0.15, 0.2) is 35.5 Å². The Kier molecular flexibility index (Phi) is 6.94. The number of phenolic OH excluding ortho intramolecular Hbond substituents is 1. The van der Waals surface area contributed by atoms with Gasteiger partial charge in [0.15, 0.2) is 17.4 Å². The third-order valence-corrected chi connectivity index (χ3v) is 6.27. The molecule has 0 spiro atoms. The van der Waals surface area contributed by atoms with Crippen molar-refractivity contribution in [3.63, 3.8) is 0 Å². The van der Waals surface area contributed by atoms with Gasteiger partial charge in [0.05, 0.1) is 28.9 Å². The van der Waals surface area contributed by atoms with Gasteiger partial charge in [-0.3, -0.25) is 9.89 Å². The van der Waals surface area contributed by atoms with Gasteiger partial charge in [-0.15, -0.1) is 0 Å². The zero-order chi connectivity index (χ0) is 27.1. The monoisotopic (exact) mass is 508 g/mol. The summed E-state index contributed by atoms with van der Waals surface area (Å²) in [5.74, 6) is -1.36. The second-order valence-corrected chi connectivity index (χ2v) is 10.4. The SMILES string of the molecule is CN=Cc1cc(-c2ncc3cc(N4C[C@H](C)N(C(=O)OC(C)(C)C)[C@@H](C)C4)ccc3n2)c(O)c(F)c1N. The number of aliphatic imine (C=N–C) groups is 1. The van der Waals surface area contributed by atoms with Crippen LogP contribution in [-0.2, 0) is 4.74 Å². The quantitative estimate of drug-likeness (QED) is 0.392. The van der Waals surface area contributed by atoms with Crippen molar-refractivity contribution in [2.24, 2.45) is 4.99 Å². The molecule has 1 aliphatic rings. The Morgan fingerprint density at radius 1 is 1.24 bits per heavy atom. The molecular formula is C27H33FN6O3. The number of phenols is 1. The van der Waals surface area contributed by atoms with E-state index in [1.165, 1.54) is 12.3 Å². The maximum Gasteiger partial charge on any atom is 0.410 e. The molecule has 9 nitrogen and oxygen atoms in total. The summed E-state index contributed by atoms with van der Waals surface area (Å²) in [6, 6.07) is 7.24. The van der Waals surface area contributed by atoms with Crippen molar-refractivity contribution in [1.82, 2.24) is 14.9 Å². The van der Waals surface area contributed by atoms with E-state index in [9.17, 15) is 14.3 Å². The normalized spacial score (nSPS) is 18.6. The second kappa shape index (κ2) is 9.84. The minimum atomic E-state index is -0.930. The number of rotatable bonds is 3. The fraction of sp³-hybridized carbons (Fsp3) is 0.407. The highest BCUT2D eigenvalue weighted by Crippen LogP contribution is 2.35. The molecule has 2 aromatic carbocycles. The number of hydrogen-bond donors (Lipinski definition) is 2. The molecule has 196 valence electrons. The first-order chi connectivity index (χ1) is 17.4. The molecule has 4 rings (SSSR count). The maximum atomic E-state index is 14.5. The predicted molar refractivity (Wildman–Crippen MR) is 144 cm³/mol. The number of aromatic hydroxyl groups is 1. The lowest BCUT2D eigenvalue weighted by atomic mass is 10.1. The van der Waals surface area contributed by atoms with Crippen molar-refractivity contribution < 1.29 is 19.0 Å². The van der Waals surface area contributed by atoms with Crippen LogP contribution in [0.1, 0.15) is 40.2 Å². The summed E-state index contributed by atoms with van der Waals surface area (Å²) in [6.07, 6.45) is 2.76. The van der Waals surface area contributed by atoms with Gasteiger partial charge in [-0.2, -0.15) is 0 Å². The highest BCUT2D eigenvalue weighted by Gasteiger charge is 2.35. The number of benzene rings is 2. The first-order valence-corrected chi connectivity index (χ1v) is 12.2. The molecule has 0 aliphatic carbocycles. The lowest BCUT2D eigenvalue weighted by Gasteiger charge is -2.45. The average molecular weight is 509 g/mol. The average Bonchev–Trinajstić information content (AvgIpc) is 2.82. The molecule has 1 aliphatic heterocycles. The lowest BCUT2D eigenvalue weighted by molar-refractivity contribution is 0.00566. The Hall–Kier alpha value is -3.95. The number of amides is 1. The maximum absolute atomic E-state index is 14.5. The first-order valence-electron chi connectivity index (χ1n) is 12.2. The first kappa shape index (κ1) is 26.1. The number of piperazine rings is 1. The van der Waals surface area contributed by atoms with Crippen molar-refractivity contribution in [3.05, 3.63) is 41.8 Å². The van der Waals surface area contributed by atoms with E-state index in [1.807, 2.05) is 52.8 Å². The molecule has 37 heavy (non-hydrogen) atoms. The molecule has 1 saturated heterocycles. The summed E-state index contributed by atoms with van der Waals surface area (Å²) in [4.78, 5) is 29.6. The van der Waals surface area contributed by atoms with Crippen molar-refractivity contribution >= 4 is 34.6 Å². The summed E-state index contributed by atoms with van der Waals surface area (Å²) in [7, 11) is 1.55. The van der Waals surface area contributed by atoms with E-state index < -0.39 is 17.2 Å². The number of ether oxygens (including phenoxy) is 1. The van der Waals surface area contributed by atoms with Crippen LogP contribution in [0.2, 0.25) is 0 Å². The highest BCUT2D eigenvalue weighted by molar-refractivity contribution is 5.91. The minimum Gasteiger partial charge on any atom is -0.504 e. The van der Waals surface area contributed by atoms with Crippen LogP contribution in [0, 0.1) is 5.82 Å². The molecular weight excluding hydrogens is 475 g/mol. The standard InChI is InChI=1S/C27H33FN6O3/c1-15-13-33(14-16(2)34(15)26(36)37-27(3,4)5)19-7-8-21-17(9-19)12-31-25(32-21)20-10-18(11-30-6)23(29)22(28)24(20)35/h7-12,15-16,35H,13-14,29H2,1-6H3/t15-,16-/m0/s1. The van der Waals surface area contributed by atoms with Crippen molar-refractivity contribution in [1.29, 1.82) is 0 Å². The number of carbonyl (C=O) groups excluding carboxylic acids is 1. The molecule has 1 amide bonds. The number of halogens is 1. The molecule has 1 aromatic heterocycles. The van der Waals surface area contributed by atoms with E-state index in [4.69, 9.17) is 10.5 Å². The van der Waals surface area contributed by atoms with Gasteiger partial charge < -0.3 is 20.5 Å². The Balaban J connectivity index is 1.60. The highest BCUT2D eigenvalue weighted by atomic mass is 19.1. The summed E-state index contributed by atoms with van der Waals surface area (Å²) >= 11 is 0. The minimum absolute atomic E-state index is 0.0443. The van der Waals surface area contributed by atoms with Gasteiger partial charge in [-0.05, 0) is 58.9 Å². The van der Waals surface area contributed by atoms with Gasteiger partial charge in [0, 0.05) is 49.2 Å². The Bertz CT molecular complexity index is 1360. The van der Waals surface area contributed by atoms with Crippen molar-refractivity contribution in [3.8, 4) is 17.1 Å². The molecule has 0 unspecified atom stereocenters. The Morgan fingerprint density at radius 3 is 2.54 bits per heavy atom. The number of nitrogens with two attached hydrogens (primary N) is 1. The zero-order valence-electron chi connectivity index (χ0n) is 22.0. The molecule has 1 fully saturated rings. The molecule has 2 atom stereocenters. The largest absolute Gasteiger partial charge is 0.504 e. The van der Waals surface area contributed by atoms with E-state index in [1.54, 1.807) is 18.1 Å². The predicted octanol–water partition coefficient (Wildman–Crippen LogP) is 4.61. The second-order valence-electron chi connectivity index (χ2n) is 10.4. The summed E-state index contributed by atoms with van der Waals surface area (Å²) in [5, 5.41) is 11.2. The molecule has 0 saturated carbocycles. The van der Waals surface area contributed by atoms with Crippen molar-refractivity contribution in [2.75, 3.05) is 30.8 Å². The van der Waals surface area contributed by atoms with E-state index in [0.29, 0.717) is 24.2 Å². The molecule has 3 aromatic rings. The van der Waals surface area contributed by atoms with Gasteiger partial charge in [-0.25, -0.2) is 19.2 Å². The van der Waals surface area contributed by atoms with Crippen LogP contribution in [0.3, 0.4) is 0 Å². The van der Waals surface area contributed by atoms with Crippen LogP contribution >= 0.6 is 0 Å². The smallest absolute Gasteiger partial charge is 0.410 e. The molecule has 2 heterocycles. The topological polar surface area (TPSA) is 117 Å². The van der Waals surface area contributed by atoms with Gasteiger partial charge in [-0.1, -0.05) is 0 Å². The number of anilines is 2. The third-order valence-electron chi connectivity index (χ3n) is 6.27. The number of nitrogens with zero attached hydrogens (tertiary/aromatic N) is 5. The third kappa shape index (κ3) is 5.28. The van der Waals surface area contributed by atoms with E-state index in [2.05, 4.69) is 19.9 Å².